The molecule has 0 saturated carbocycles. The largest absolute Gasteiger partial charge is 0.308 e. The smallest absolute Gasteiger partial charge is 0.193 e. The van der Waals surface area contributed by atoms with Crippen LogP contribution in [-0.2, 0) is 13.7 Å². The molecule has 0 saturated heterocycles. The zero-order valence-electron chi connectivity index (χ0n) is 9.74. The van der Waals surface area contributed by atoms with Crippen LogP contribution in [0.5, 0.6) is 0 Å². The van der Waals surface area contributed by atoms with Crippen LogP contribution < -0.4 is 0 Å². The van der Waals surface area contributed by atoms with Crippen LogP contribution in [-0.4, -0.2) is 8.42 Å². The van der Waals surface area contributed by atoms with Crippen LogP contribution in [0.3, 0.4) is 0 Å². The molecule has 0 heterocycles. The summed E-state index contributed by atoms with van der Waals surface area (Å²) in [5.41, 5.74) is 0.672. The van der Waals surface area contributed by atoms with Gasteiger partial charge in [-0.25, -0.2) is 0 Å². The molecule has 3 nitrogen and oxygen atoms in total. The number of rotatable bonds is 4. The molecule has 0 aliphatic carbocycles. The average molecular weight is 280 g/mol. The van der Waals surface area contributed by atoms with E-state index in [2.05, 4.69) is 0 Å². The molecule has 18 heavy (non-hydrogen) atoms. The Bertz CT molecular complexity index is 622. The van der Waals surface area contributed by atoms with E-state index in [9.17, 15) is 8.42 Å². The maximum absolute atomic E-state index is 12.0. The number of benzene rings is 2. The normalized spacial score (nSPS) is 11.4. The summed E-state index contributed by atoms with van der Waals surface area (Å²) in [6.45, 7) is 1.74. The Morgan fingerprint density at radius 3 is 2.22 bits per heavy atom. The Morgan fingerprint density at radius 2 is 1.56 bits per heavy atom. The SMILES string of the molecule is Cc1ccccc1S(=O)(=O)OSc1ccccc1. The highest BCUT2D eigenvalue weighted by atomic mass is 32.3. The maximum atomic E-state index is 12.0. The van der Waals surface area contributed by atoms with Crippen molar-refractivity contribution in [2.24, 2.45) is 0 Å². The van der Waals surface area contributed by atoms with Gasteiger partial charge in [-0.3, -0.25) is 0 Å². The van der Waals surface area contributed by atoms with Crippen molar-refractivity contribution >= 4 is 22.2 Å². The quantitative estimate of drug-likeness (QED) is 0.805. The van der Waals surface area contributed by atoms with E-state index in [4.69, 9.17) is 3.63 Å². The summed E-state index contributed by atoms with van der Waals surface area (Å²) < 4.78 is 28.9. The fourth-order valence-electron chi connectivity index (χ4n) is 1.43. The van der Waals surface area contributed by atoms with Gasteiger partial charge in [0.05, 0.1) is 4.90 Å². The number of hydrogen-bond donors (Lipinski definition) is 0. The molecule has 2 aromatic carbocycles. The highest BCUT2D eigenvalue weighted by Gasteiger charge is 2.18. The van der Waals surface area contributed by atoms with Crippen molar-refractivity contribution in [1.82, 2.24) is 0 Å². The van der Waals surface area contributed by atoms with Gasteiger partial charge in [0.2, 0.25) is 0 Å². The van der Waals surface area contributed by atoms with E-state index < -0.39 is 10.1 Å². The minimum Gasteiger partial charge on any atom is -0.193 e. The van der Waals surface area contributed by atoms with Crippen molar-refractivity contribution in [1.29, 1.82) is 0 Å². The molecule has 0 aromatic heterocycles. The Labute approximate surface area is 111 Å². The molecule has 0 spiro atoms. The van der Waals surface area contributed by atoms with Gasteiger partial charge < -0.3 is 0 Å². The highest BCUT2D eigenvalue weighted by molar-refractivity contribution is 8.04. The molecule has 2 aromatic rings. The van der Waals surface area contributed by atoms with E-state index in [-0.39, 0.29) is 4.90 Å². The van der Waals surface area contributed by atoms with Crippen molar-refractivity contribution in [3.8, 4) is 0 Å². The average Bonchev–Trinajstić information content (AvgIpc) is 2.38. The van der Waals surface area contributed by atoms with Crippen LogP contribution in [0.1, 0.15) is 5.56 Å². The van der Waals surface area contributed by atoms with E-state index >= 15 is 0 Å². The number of aryl methyl sites for hydroxylation is 1. The van der Waals surface area contributed by atoms with Gasteiger partial charge in [0.15, 0.2) is 0 Å². The summed E-state index contributed by atoms with van der Waals surface area (Å²) in [4.78, 5) is 0.947. The van der Waals surface area contributed by atoms with E-state index in [1.165, 1.54) is 6.07 Å². The summed E-state index contributed by atoms with van der Waals surface area (Å²) in [5.74, 6) is 0. The lowest BCUT2D eigenvalue weighted by Gasteiger charge is -2.06. The molecule has 0 fully saturated rings. The Hall–Kier alpha value is -1.30. The van der Waals surface area contributed by atoms with Gasteiger partial charge in [-0.05, 0) is 30.7 Å². The molecular formula is C13H12O3S2. The minimum absolute atomic E-state index is 0.202. The van der Waals surface area contributed by atoms with Gasteiger partial charge in [-0.1, -0.05) is 36.4 Å². The summed E-state index contributed by atoms with van der Waals surface area (Å²) in [7, 11) is -3.73. The fraction of sp³-hybridized carbons (Fsp3) is 0.0769. The fourth-order valence-corrected chi connectivity index (χ4v) is 3.38. The first-order chi connectivity index (χ1) is 8.59. The van der Waals surface area contributed by atoms with Crippen molar-refractivity contribution in [3.05, 3.63) is 60.2 Å². The van der Waals surface area contributed by atoms with E-state index in [0.717, 1.165) is 16.9 Å². The summed E-state index contributed by atoms with van der Waals surface area (Å²) in [6.07, 6.45) is 0. The third-order valence-corrected chi connectivity index (χ3v) is 4.78. The first-order valence-corrected chi connectivity index (χ1v) is 7.46. The van der Waals surface area contributed by atoms with Crippen molar-refractivity contribution < 1.29 is 12.0 Å². The lowest BCUT2D eigenvalue weighted by atomic mass is 10.2. The van der Waals surface area contributed by atoms with Crippen LogP contribution in [0.25, 0.3) is 0 Å². The lowest BCUT2D eigenvalue weighted by Crippen LogP contribution is -2.03. The van der Waals surface area contributed by atoms with E-state index in [0.29, 0.717) is 5.56 Å². The van der Waals surface area contributed by atoms with Crippen LogP contribution in [0.4, 0.5) is 0 Å². The Balaban J connectivity index is 2.16. The summed E-state index contributed by atoms with van der Waals surface area (Å²) in [5, 5.41) is 0. The third kappa shape index (κ3) is 3.13. The predicted octanol–water partition coefficient (Wildman–Crippen LogP) is 3.41. The second-order valence-corrected chi connectivity index (χ2v) is 6.21. The minimum atomic E-state index is -3.73. The van der Waals surface area contributed by atoms with Crippen LogP contribution >= 0.6 is 12.0 Å². The van der Waals surface area contributed by atoms with Crippen LogP contribution in [0.15, 0.2) is 64.4 Å². The highest BCUT2D eigenvalue weighted by Crippen LogP contribution is 2.26. The van der Waals surface area contributed by atoms with Gasteiger partial charge in [-0.15, -0.1) is 0 Å². The molecule has 0 unspecified atom stereocenters. The zero-order chi connectivity index (χ0) is 13.0. The van der Waals surface area contributed by atoms with Gasteiger partial charge in [0, 0.05) is 16.9 Å². The molecule has 5 heteroatoms. The summed E-state index contributed by atoms with van der Waals surface area (Å²) in [6, 6.07) is 15.8. The first kappa shape index (κ1) is 13.1. The van der Waals surface area contributed by atoms with Gasteiger partial charge >= 0.3 is 10.1 Å². The topological polar surface area (TPSA) is 43.4 Å². The van der Waals surface area contributed by atoms with E-state index in [1.807, 2.05) is 18.2 Å². The van der Waals surface area contributed by atoms with Crippen molar-refractivity contribution in [3.63, 3.8) is 0 Å². The van der Waals surface area contributed by atoms with E-state index in [1.54, 1.807) is 37.3 Å². The summed E-state index contributed by atoms with van der Waals surface area (Å²) >= 11 is 0.843. The predicted molar refractivity (Wildman–Crippen MR) is 71.7 cm³/mol. The van der Waals surface area contributed by atoms with Crippen molar-refractivity contribution in [2.75, 3.05) is 0 Å². The molecule has 0 amide bonds. The molecule has 2 rings (SSSR count). The third-order valence-electron chi connectivity index (χ3n) is 2.33. The lowest BCUT2D eigenvalue weighted by molar-refractivity contribution is 0.517. The second kappa shape index (κ2) is 5.56. The molecule has 0 aliphatic heterocycles. The molecule has 0 aliphatic rings. The van der Waals surface area contributed by atoms with Gasteiger partial charge in [0.25, 0.3) is 0 Å². The number of hydrogen-bond acceptors (Lipinski definition) is 4. The second-order valence-electron chi connectivity index (χ2n) is 3.68. The Kier molecular flexibility index (Phi) is 4.06. The molecular weight excluding hydrogens is 268 g/mol. The zero-order valence-corrected chi connectivity index (χ0v) is 11.4. The Morgan fingerprint density at radius 1 is 0.944 bits per heavy atom. The maximum Gasteiger partial charge on any atom is 0.308 e. The van der Waals surface area contributed by atoms with Gasteiger partial charge in [0.1, 0.15) is 0 Å². The molecule has 0 N–H and O–H groups in total. The molecule has 94 valence electrons. The first-order valence-electron chi connectivity index (χ1n) is 5.31. The molecule has 0 bridgehead atoms. The van der Waals surface area contributed by atoms with Crippen LogP contribution in [0, 0.1) is 6.92 Å². The standard InChI is InChI=1S/C13H12O3S2/c1-11-7-5-6-10-13(11)18(14,15)16-17-12-8-3-2-4-9-12/h2-10H,1H3. The molecule has 0 radical (unpaired) electrons. The monoisotopic (exact) mass is 280 g/mol. The van der Waals surface area contributed by atoms with Gasteiger partial charge in [-0.2, -0.15) is 12.0 Å². The van der Waals surface area contributed by atoms with Crippen molar-refractivity contribution in [2.45, 2.75) is 16.7 Å². The van der Waals surface area contributed by atoms with Crippen LogP contribution in [0.2, 0.25) is 0 Å². The molecule has 0 atom stereocenters.